The lowest BCUT2D eigenvalue weighted by Crippen LogP contribution is -2.45. The molecule has 0 radical (unpaired) electrons. The van der Waals surface area contributed by atoms with Crippen LogP contribution < -0.4 is 10.6 Å². The lowest BCUT2D eigenvalue weighted by Gasteiger charge is -2.25. The molecule has 1 unspecified atom stereocenters. The largest absolute Gasteiger partial charge is 0.349 e. The molecule has 0 bridgehead atoms. The van der Waals surface area contributed by atoms with E-state index >= 15 is 0 Å². The third-order valence-corrected chi connectivity index (χ3v) is 4.18. The van der Waals surface area contributed by atoms with Crippen LogP contribution in [-0.4, -0.2) is 11.8 Å². The zero-order valence-corrected chi connectivity index (χ0v) is 14.6. The third-order valence-electron chi connectivity index (χ3n) is 4.18. The minimum Gasteiger partial charge on any atom is -0.349 e. The second kappa shape index (κ2) is 7.30. The maximum absolute atomic E-state index is 12.6. The van der Waals surface area contributed by atoms with Gasteiger partial charge in [-0.15, -0.1) is 0 Å². The topological polar surface area (TPSA) is 58.2 Å². The highest BCUT2D eigenvalue weighted by molar-refractivity contribution is 6.10. The Hall–Kier alpha value is -2.62. The molecule has 126 valence electrons. The standard InChI is InChI=1S/C20H24N2O2/c1-14-10-8-9-13-17(14)22-19(24)20(3,4)18(23)21-15(2)16-11-6-5-7-12-16/h5-13,15H,1-4H3,(H,21,23)(H,22,24). The average molecular weight is 324 g/mol. The Morgan fingerprint density at radius 3 is 2.12 bits per heavy atom. The summed E-state index contributed by atoms with van der Waals surface area (Å²) in [5.41, 5.74) is 1.51. The molecule has 0 fully saturated rings. The molecule has 2 aromatic rings. The summed E-state index contributed by atoms with van der Waals surface area (Å²) in [6.45, 7) is 7.09. The van der Waals surface area contributed by atoms with Crippen LogP contribution in [0.4, 0.5) is 5.69 Å². The highest BCUT2D eigenvalue weighted by Gasteiger charge is 2.36. The Morgan fingerprint density at radius 1 is 0.917 bits per heavy atom. The van der Waals surface area contributed by atoms with Gasteiger partial charge in [0.25, 0.3) is 0 Å². The molecule has 0 aliphatic carbocycles. The minimum absolute atomic E-state index is 0.163. The molecule has 24 heavy (non-hydrogen) atoms. The van der Waals surface area contributed by atoms with Crippen molar-refractivity contribution in [3.8, 4) is 0 Å². The van der Waals surface area contributed by atoms with Gasteiger partial charge in [0, 0.05) is 5.69 Å². The first kappa shape index (κ1) is 17.7. The van der Waals surface area contributed by atoms with E-state index in [4.69, 9.17) is 0 Å². The van der Waals surface area contributed by atoms with E-state index in [2.05, 4.69) is 10.6 Å². The molecule has 2 rings (SSSR count). The van der Waals surface area contributed by atoms with E-state index in [0.29, 0.717) is 0 Å². The third kappa shape index (κ3) is 4.02. The molecule has 2 N–H and O–H groups in total. The quantitative estimate of drug-likeness (QED) is 0.821. The van der Waals surface area contributed by atoms with Gasteiger partial charge in [0.2, 0.25) is 11.8 Å². The predicted octanol–water partition coefficient (Wildman–Crippen LogP) is 3.84. The van der Waals surface area contributed by atoms with Crippen molar-refractivity contribution in [1.29, 1.82) is 0 Å². The number of anilines is 1. The highest BCUT2D eigenvalue weighted by Crippen LogP contribution is 2.22. The maximum Gasteiger partial charge on any atom is 0.239 e. The fourth-order valence-corrected chi connectivity index (χ4v) is 2.30. The maximum atomic E-state index is 12.6. The summed E-state index contributed by atoms with van der Waals surface area (Å²) in [5, 5.41) is 5.76. The van der Waals surface area contributed by atoms with Gasteiger partial charge >= 0.3 is 0 Å². The number of rotatable bonds is 5. The fourth-order valence-electron chi connectivity index (χ4n) is 2.30. The molecule has 0 saturated heterocycles. The molecule has 0 aliphatic rings. The summed E-state index contributed by atoms with van der Waals surface area (Å²) in [5.74, 6) is -0.625. The molecule has 0 aromatic heterocycles. The highest BCUT2D eigenvalue weighted by atomic mass is 16.2. The van der Waals surface area contributed by atoms with Gasteiger partial charge in [-0.1, -0.05) is 48.5 Å². The zero-order chi connectivity index (χ0) is 17.7. The van der Waals surface area contributed by atoms with Crippen molar-refractivity contribution in [2.24, 2.45) is 5.41 Å². The van der Waals surface area contributed by atoms with Crippen molar-refractivity contribution >= 4 is 17.5 Å². The fraction of sp³-hybridized carbons (Fsp3) is 0.300. The Bertz CT molecular complexity index is 723. The normalized spacial score (nSPS) is 12.3. The van der Waals surface area contributed by atoms with E-state index in [1.54, 1.807) is 13.8 Å². The van der Waals surface area contributed by atoms with E-state index < -0.39 is 5.41 Å². The minimum atomic E-state index is -1.18. The summed E-state index contributed by atoms with van der Waals surface area (Å²) in [6.07, 6.45) is 0. The molecular weight excluding hydrogens is 300 g/mol. The lowest BCUT2D eigenvalue weighted by atomic mass is 9.90. The van der Waals surface area contributed by atoms with Crippen LogP contribution in [0.1, 0.15) is 37.9 Å². The first-order chi connectivity index (χ1) is 11.3. The van der Waals surface area contributed by atoms with Crippen LogP contribution in [0.15, 0.2) is 54.6 Å². The van der Waals surface area contributed by atoms with Gasteiger partial charge in [0.05, 0.1) is 6.04 Å². The number of benzene rings is 2. The van der Waals surface area contributed by atoms with Gasteiger partial charge < -0.3 is 10.6 Å². The average Bonchev–Trinajstić information content (AvgIpc) is 2.57. The van der Waals surface area contributed by atoms with E-state index in [0.717, 1.165) is 16.8 Å². The SMILES string of the molecule is Cc1ccccc1NC(=O)C(C)(C)C(=O)NC(C)c1ccccc1. The summed E-state index contributed by atoms with van der Waals surface area (Å²) in [7, 11) is 0. The summed E-state index contributed by atoms with van der Waals surface area (Å²) >= 11 is 0. The first-order valence-electron chi connectivity index (χ1n) is 8.05. The summed E-state index contributed by atoms with van der Waals surface area (Å²) in [6, 6.07) is 17.0. The number of carbonyl (C=O) groups is 2. The van der Waals surface area contributed by atoms with Crippen LogP contribution in [0.3, 0.4) is 0 Å². The van der Waals surface area contributed by atoms with Gasteiger partial charge in [-0.05, 0) is 44.9 Å². The van der Waals surface area contributed by atoms with Crippen molar-refractivity contribution in [3.05, 3.63) is 65.7 Å². The molecule has 0 saturated carbocycles. The van der Waals surface area contributed by atoms with E-state index in [-0.39, 0.29) is 17.9 Å². The first-order valence-corrected chi connectivity index (χ1v) is 8.05. The number of amides is 2. The van der Waals surface area contributed by atoms with Crippen LogP contribution in [0.25, 0.3) is 0 Å². The van der Waals surface area contributed by atoms with Crippen LogP contribution in [0, 0.1) is 12.3 Å². The Labute approximate surface area is 143 Å². The Kier molecular flexibility index (Phi) is 5.39. The predicted molar refractivity (Wildman–Crippen MR) is 96.6 cm³/mol. The van der Waals surface area contributed by atoms with E-state index in [9.17, 15) is 9.59 Å². The molecule has 2 aromatic carbocycles. The molecule has 0 aliphatic heterocycles. The van der Waals surface area contributed by atoms with Gasteiger partial charge in [-0.3, -0.25) is 9.59 Å². The Balaban J connectivity index is 2.07. The lowest BCUT2D eigenvalue weighted by molar-refractivity contribution is -0.138. The van der Waals surface area contributed by atoms with Crippen molar-refractivity contribution in [2.75, 3.05) is 5.32 Å². The smallest absolute Gasteiger partial charge is 0.239 e. The number of hydrogen-bond donors (Lipinski definition) is 2. The van der Waals surface area contributed by atoms with Crippen LogP contribution in [-0.2, 0) is 9.59 Å². The Morgan fingerprint density at radius 2 is 1.50 bits per heavy atom. The van der Waals surface area contributed by atoms with E-state index in [1.807, 2.05) is 68.4 Å². The molecular formula is C20H24N2O2. The van der Waals surface area contributed by atoms with Crippen LogP contribution in [0.2, 0.25) is 0 Å². The molecule has 0 heterocycles. The summed E-state index contributed by atoms with van der Waals surface area (Å²) < 4.78 is 0. The zero-order valence-electron chi connectivity index (χ0n) is 14.6. The summed E-state index contributed by atoms with van der Waals surface area (Å²) in [4.78, 5) is 25.2. The second-order valence-corrected chi connectivity index (χ2v) is 6.50. The number of para-hydroxylation sites is 1. The number of nitrogens with one attached hydrogen (secondary N) is 2. The number of hydrogen-bond acceptors (Lipinski definition) is 2. The molecule has 4 heteroatoms. The number of aryl methyl sites for hydroxylation is 1. The number of carbonyl (C=O) groups excluding carboxylic acids is 2. The van der Waals surface area contributed by atoms with Gasteiger partial charge in [-0.25, -0.2) is 0 Å². The molecule has 0 spiro atoms. The van der Waals surface area contributed by atoms with Crippen LogP contribution in [0.5, 0.6) is 0 Å². The monoisotopic (exact) mass is 324 g/mol. The molecule has 2 amide bonds. The van der Waals surface area contributed by atoms with Crippen molar-refractivity contribution in [2.45, 2.75) is 33.7 Å². The van der Waals surface area contributed by atoms with Gasteiger partial charge in [0.1, 0.15) is 5.41 Å². The second-order valence-electron chi connectivity index (χ2n) is 6.50. The van der Waals surface area contributed by atoms with Crippen LogP contribution >= 0.6 is 0 Å². The molecule has 1 atom stereocenters. The van der Waals surface area contributed by atoms with Crippen molar-refractivity contribution < 1.29 is 9.59 Å². The molecule has 4 nitrogen and oxygen atoms in total. The van der Waals surface area contributed by atoms with Gasteiger partial charge in [-0.2, -0.15) is 0 Å². The van der Waals surface area contributed by atoms with E-state index in [1.165, 1.54) is 0 Å². The van der Waals surface area contributed by atoms with Crippen molar-refractivity contribution in [1.82, 2.24) is 5.32 Å². The van der Waals surface area contributed by atoms with Crippen molar-refractivity contribution in [3.63, 3.8) is 0 Å². The van der Waals surface area contributed by atoms with Gasteiger partial charge in [0.15, 0.2) is 0 Å².